The standard InChI is InChI=1S/C16H27N9O/c1-10(2)19-13(26)12-9-18-16(25(12)6)23-15-21-11(3)20-14(22-15)17-7-8-24(4)5/h9-10H,7-8H2,1-6H3,(H,19,26)(H2,17,18,20,21,22,23). The van der Waals surface area contributed by atoms with Crippen LogP contribution in [0.15, 0.2) is 6.20 Å². The van der Waals surface area contributed by atoms with Gasteiger partial charge in [-0.15, -0.1) is 0 Å². The predicted octanol–water partition coefficient (Wildman–Crippen LogP) is 0.769. The van der Waals surface area contributed by atoms with Crippen molar-refractivity contribution in [1.29, 1.82) is 0 Å². The number of amides is 1. The average Bonchev–Trinajstić information content (AvgIpc) is 2.87. The summed E-state index contributed by atoms with van der Waals surface area (Å²) in [5.74, 6) is 1.75. The molecule has 2 rings (SSSR count). The Morgan fingerprint density at radius 1 is 1.23 bits per heavy atom. The molecule has 10 nitrogen and oxygen atoms in total. The Bertz CT molecular complexity index is 754. The Morgan fingerprint density at radius 2 is 1.92 bits per heavy atom. The molecule has 10 heteroatoms. The topological polar surface area (TPSA) is 113 Å². The number of nitrogens with zero attached hydrogens (tertiary/aromatic N) is 6. The van der Waals surface area contributed by atoms with Gasteiger partial charge in [-0.25, -0.2) is 4.98 Å². The summed E-state index contributed by atoms with van der Waals surface area (Å²) in [6, 6.07) is 0.0517. The number of aromatic nitrogens is 5. The SMILES string of the molecule is Cc1nc(NCCN(C)C)nc(Nc2ncc(C(=O)NC(C)C)n2C)n1. The highest BCUT2D eigenvalue weighted by atomic mass is 16.2. The molecule has 0 fully saturated rings. The summed E-state index contributed by atoms with van der Waals surface area (Å²) in [5, 5.41) is 9.05. The number of carbonyl (C=O) groups is 1. The van der Waals surface area contributed by atoms with Gasteiger partial charge in [0.25, 0.3) is 5.91 Å². The smallest absolute Gasteiger partial charge is 0.269 e. The number of likely N-dealkylation sites (N-methyl/N-ethyl adjacent to an activating group) is 1. The zero-order valence-electron chi connectivity index (χ0n) is 16.2. The predicted molar refractivity (Wildman–Crippen MR) is 101 cm³/mol. The van der Waals surface area contributed by atoms with Crippen molar-refractivity contribution >= 4 is 23.8 Å². The van der Waals surface area contributed by atoms with E-state index in [2.05, 4.69) is 40.8 Å². The van der Waals surface area contributed by atoms with E-state index in [-0.39, 0.29) is 11.9 Å². The van der Waals surface area contributed by atoms with Crippen LogP contribution < -0.4 is 16.0 Å². The first-order chi connectivity index (χ1) is 12.3. The quantitative estimate of drug-likeness (QED) is 0.632. The lowest BCUT2D eigenvalue weighted by atomic mass is 10.3. The lowest BCUT2D eigenvalue weighted by Gasteiger charge is -2.12. The molecule has 0 saturated carbocycles. The van der Waals surface area contributed by atoms with E-state index in [1.54, 1.807) is 18.5 Å². The van der Waals surface area contributed by atoms with Gasteiger partial charge < -0.3 is 20.1 Å². The maximum atomic E-state index is 12.2. The molecule has 0 saturated heterocycles. The number of imidazole rings is 1. The molecule has 0 radical (unpaired) electrons. The fraction of sp³-hybridized carbons (Fsp3) is 0.562. The van der Waals surface area contributed by atoms with Crippen molar-refractivity contribution in [3.8, 4) is 0 Å². The van der Waals surface area contributed by atoms with Crippen molar-refractivity contribution in [1.82, 2.24) is 34.7 Å². The summed E-state index contributed by atoms with van der Waals surface area (Å²) in [7, 11) is 5.76. The van der Waals surface area contributed by atoms with E-state index >= 15 is 0 Å². The van der Waals surface area contributed by atoms with Crippen molar-refractivity contribution < 1.29 is 4.79 Å². The number of aryl methyl sites for hydroxylation is 1. The summed E-state index contributed by atoms with van der Waals surface area (Å²) in [6.07, 6.45) is 1.52. The lowest BCUT2D eigenvalue weighted by Crippen LogP contribution is -2.31. The first kappa shape index (κ1) is 19.6. The van der Waals surface area contributed by atoms with Crippen LogP contribution in [-0.4, -0.2) is 68.5 Å². The first-order valence-electron chi connectivity index (χ1n) is 8.47. The molecular weight excluding hydrogens is 334 g/mol. The first-order valence-corrected chi connectivity index (χ1v) is 8.47. The molecule has 0 unspecified atom stereocenters. The molecule has 26 heavy (non-hydrogen) atoms. The second-order valence-corrected chi connectivity index (χ2v) is 6.54. The van der Waals surface area contributed by atoms with Crippen molar-refractivity contribution in [2.24, 2.45) is 7.05 Å². The van der Waals surface area contributed by atoms with E-state index in [9.17, 15) is 4.79 Å². The van der Waals surface area contributed by atoms with Crippen LogP contribution in [0.2, 0.25) is 0 Å². The molecule has 2 aromatic rings. The van der Waals surface area contributed by atoms with E-state index in [0.717, 1.165) is 13.1 Å². The van der Waals surface area contributed by atoms with E-state index < -0.39 is 0 Å². The van der Waals surface area contributed by atoms with Crippen molar-refractivity contribution in [3.63, 3.8) is 0 Å². The highest BCUT2D eigenvalue weighted by molar-refractivity contribution is 5.93. The molecular formula is C16H27N9O. The van der Waals surface area contributed by atoms with Crippen molar-refractivity contribution in [3.05, 3.63) is 17.7 Å². The van der Waals surface area contributed by atoms with Gasteiger partial charge in [-0.1, -0.05) is 0 Å². The largest absolute Gasteiger partial charge is 0.353 e. The normalized spacial score (nSPS) is 11.1. The summed E-state index contributed by atoms with van der Waals surface area (Å²) in [5.41, 5.74) is 0.455. The van der Waals surface area contributed by atoms with Gasteiger partial charge in [0.15, 0.2) is 0 Å². The zero-order valence-corrected chi connectivity index (χ0v) is 16.2. The Balaban J connectivity index is 2.12. The molecule has 0 aliphatic heterocycles. The van der Waals surface area contributed by atoms with Gasteiger partial charge in [-0.2, -0.15) is 15.0 Å². The minimum atomic E-state index is -0.180. The average molecular weight is 361 g/mol. The number of nitrogens with one attached hydrogen (secondary N) is 3. The van der Waals surface area contributed by atoms with Crippen LogP contribution in [0.5, 0.6) is 0 Å². The summed E-state index contributed by atoms with van der Waals surface area (Å²) in [4.78, 5) is 31.4. The molecule has 0 aliphatic rings. The van der Waals surface area contributed by atoms with Crippen molar-refractivity contribution in [2.45, 2.75) is 26.8 Å². The molecule has 1 amide bonds. The van der Waals surface area contributed by atoms with Crippen LogP contribution in [0, 0.1) is 6.92 Å². The summed E-state index contributed by atoms with van der Waals surface area (Å²) in [6.45, 7) is 7.20. The van der Waals surface area contributed by atoms with Crippen LogP contribution in [-0.2, 0) is 7.05 Å². The Morgan fingerprint density at radius 3 is 2.58 bits per heavy atom. The molecule has 3 N–H and O–H groups in total. The second-order valence-electron chi connectivity index (χ2n) is 6.54. The maximum absolute atomic E-state index is 12.2. The lowest BCUT2D eigenvalue weighted by molar-refractivity contribution is 0.0935. The fourth-order valence-electron chi connectivity index (χ4n) is 2.18. The van der Waals surface area contributed by atoms with Gasteiger partial charge in [0.2, 0.25) is 17.8 Å². The van der Waals surface area contributed by atoms with E-state index in [4.69, 9.17) is 0 Å². The third-order valence-electron chi connectivity index (χ3n) is 3.45. The van der Waals surface area contributed by atoms with Gasteiger partial charge in [0, 0.05) is 26.2 Å². The van der Waals surface area contributed by atoms with Gasteiger partial charge in [0.1, 0.15) is 11.5 Å². The monoisotopic (exact) mass is 361 g/mol. The highest BCUT2D eigenvalue weighted by Crippen LogP contribution is 2.14. The second kappa shape index (κ2) is 8.56. The van der Waals surface area contributed by atoms with Crippen molar-refractivity contribution in [2.75, 3.05) is 37.8 Å². The van der Waals surface area contributed by atoms with Crippen LogP contribution in [0.4, 0.5) is 17.8 Å². The van der Waals surface area contributed by atoms with Gasteiger partial charge in [0.05, 0.1) is 6.20 Å². The maximum Gasteiger partial charge on any atom is 0.269 e. The molecule has 0 spiro atoms. The number of rotatable bonds is 8. The van der Waals surface area contributed by atoms with Crippen LogP contribution in [0.25, 0.3) is 0 Å². The van der Waals surface area contributed by atoms with Gasteiger partial charge in [-0.3, -0.25) is 10.1 Å². The highest BCUT2D eigenvalue weighted by Gasteiger charge is 2.15. The molecule has 142 valence electrons. The minimum absolute atomic E-state index is 0.0517. The molecule has 0 aromatic carbocycles. The number of anilines is 3. The van der Waals surface area contributed by atoms with E-state index in [1.165, 1.54) is 6.20 Å². The Labute approximate surface area is 153 Å². The van der Waals surface area contributed by atoms with Gasteiger partial charge >= 0.3 is 0 Å². The van der Waals surface area contributed by atoms with E-state index in [1.807, 2.05) is 27.9 Å². The number of hydrogen-bond donors (Lipinski definition) is 3. The molecule has 2 aromatic heterocycles. The fourth-order valence-corrected chi connectivity index (χ4v) is 2.18. The third kappa shape index (κ3) is 5.38. The van der Waals surface area contributed by atoms with Crippen LogP contribution >= 0.6 is 0 Å². The summed E-state index contributed by atoms with van der Waals surface area (Å²) < 4.78 is 1.66. The summed E-state index contributed by atoms with van der Waals surface area (Å²) >= 11 is 0. The molecule has 2 heterocycles. The number of hydrogen-bond acceptors (Lipinski definition) is 8. The molecule has 0 atom stereocenters. The Kier molecular flexibility index (Phi) is 6.45. The van der Waals surface area contributed by atoms with Gasteiger partial charge in [-0.05, 0) is 34.9 Å². The minimum Gasteiger partial charge on any atom is -0.353 e. The Hall–Kier alpha value is -2.75. The molecule has 0 aliphatic carbocycles. The molecule has 0 bridgehead atoms. The number of carbonyl (C=O) groups excluding carboxylic acids is 1. The zero-order chi connectivity index (χ0) is 19.3. The van der Waals surface area contributed by atoms with Crippen LogP contribution in [0.1, 0.15) is 30.2 Å². The van der Waals surface area contributed by atoms with Crippen LogP contribution in [0.3, 0.4) is 0 Å². The van der Waals surface area contributed by atoms with E-state index in [0.29, 0.717) is 29.4 Å². The third-order valence-corrected chi connectivity index (χ3v) is 3.45.